The summed E-state index contributed by atoms with van der Waals surface area (Å²) >= 11 is 0. The van der Waals surface area contributed by atoms with E-state index in [2.05, 4.69) is 0 Å². The normalized spacial score (nSPS) is 25.1. The van der Waals surface area contributed by atoms with E-state index in [1.165, 1.54) is 0 Å². The number of hydrogen-bond donors (Lipinski definition) is 2. The predicted octanol–water partition coefficient (Wildman–Crippen LogP) is 2.16. The van der Waals surface area contributed by atoms with E-state index in [1.54, 1.807) is 13.0 Å². The quantitative estimate of drug-likeness (QED) is 0.755. The van der Waals surface area contributed by atoms with E-state index >= 15 is 0 Å². The molecule has 3 nitrogen and oxygen atoms in total. The van der Waals surface area contributed by atoms with Crippen molar-refractivity contribution in [3.8, 4) is 0 Å². The van der Waals surface area contributed by atoms with Gasteiger partial charge in [0.2, 0.25) is 0 Å². The molecule has 0 aliphatic heterocycles. The summed E-state index contributed by atoms with van der Waals surface area (Å²) in [5.41, 5.74) is 2.33. The Morgan fingerprint density at radius 2 is 2.11 bits per heavy atom. The van der Waals surface area contributed by atoms with Crippen LogP contribution < -0.4 is 0 Å². The Morgan fingerprint density at radius 1 is 1.50 bits per heavy atom. The lowest BCUT2D eigenvalue weighted by atomic mass is 9.71. The van der Waals surface area contributed by atoms with Gasteiger partial charge in [-0.15, -0.1) is 0 Å². The number of allylic oxidation sites excluding steroid dienone is 4. The van der Waals surface area contributed by atoms with E-state index in [9.17, 15) is 9.90 Å². The van der Waals surface area contributed by atoms with Gasteiger partial charge in [-0.2, -0.15) is 0 Å². The van der Waals surface area contributed by atoms with Crippen molar-refractivity contribution in [1.29, 1.82) is 0 Å². The fraction of sp³-hybridized carbons (Fsp3) is 0.533. The Morgan fingerprint density at radius 3 is 2.67 bits per heavy atom. The average Bonchev–Trinajstić information content (AvgIpc) is 2.25. The van der Waals surface area contributed by atoms with Crippen LogP contribution in [-0.4, -0.2) is 28.7 Å². The van der Waals surface area contributed by atoms with Gasteiger partial charge in [-0.25, -0.2) is 0 Å². The molecule has 0 aromatic rings. The molecule has 0 bridgehead atoms. The zero-order chi connectivity index (χ0) is 13.9. The molecule has 3 heteroatoms. The molecule has 0 heterocycles. The maximum absolute atomic E-state index is 11.8. The Labute approximate surface area is 109 Å². The third kappa shape index (κ3) is 3.18. The number of aliphatic hydroxyl groups is 2. The molecule has 0 saturated carbocycles. The number of carbonyl (C=O) groups is 1. The average molecular weight is 250 g/mol. The highest BCUT2D eigenvalue weighted by molar-refractivity contribution is 6.00. The molecule has 1 unspecified atom stereocenters. The predicted molar refractivity (Wildman–Crippen MR) is 72.1 cm³/mol. The summed E-state index contributed by atoms with van der Waals surface area (Å²) in [6.45, 7) is 7.72. The van der Waals surface area contributed by atoms with Crippen molar-refractivity contribution in [2.75, 3.05) is 6.61 Å². The minimum atomic E-state index is -0.883. The lowest BCUT2D eigenvalue weighted by molar-refractivity contribution is -0.125. The van der Waals surface area contributed by atoms with Gasteiger partial charge in [0.1, 0.15) is 6.10 Å². The number of aliphatic hydroxyl groups excluding tert-OH is 2. The van der Waals surface area contributed by atoms with Gasteiger partial charge in [0.05, 0.1) is 6.61 Å². The number of hydrogen-bond acceptors (Lipinski definition) is 3. The molecule has 0 aromatic carbocycles. The number of Topliss-reactive ketones (excluding diaryl/α,β-unsaturated/α-hetero) is 1. The van der Waals surface area contributed by atoms with Crippen LogP contribution >= 0.6 is 0 Å². The molecule has 100 valence electrons. The summed E-state index contributed by atoms with van der Waals surface area (Å²) in [6, 6.07) is 0. The van der Waals surface area contributed by atoms with Gasteiger partial charge >= 0.3 is 0 Å². The van der Waals surface area contributed by atoms with Crippen molar-refractivity contribution < 1.29 is 15.0 Å². The van der Waals surface area contributed by atoms with Crippen LogP contribution in [0, 0.1) is 5.41 Å². The SMILES string of the molecule is CC(C=CC1=C(C)C(=O)C(O)CC1(C)C)=CCO. The highest BCUT2D eigenvalue weighted by Crippen LogP contribution is 2.39. The minimum Gasteiger partial charge on any atom is -0.392 e. The van der Waals surface area contributed by atoms with Gasteiger partial charge in [0.15, 0.2) is 5.78 Å². The molecule has 1 aliphatic carbocycles. The van der Waals surface area contributed by atoms with Gasteiger partial charge in [-0.05, 0) is 36.8 Å². The van der Waals surface area contributed by atoms with E-state index in [1.807, 2.05) is 32.9 Å². The number of ketones is 1. The van der Waals surface area contributed by atoms with Gasteiger partial charge in [0, 0.05) is 0 Å². The zero-order valence-corrected chi connectivity index (χ0v) is 11.5. The van der Waals surface area contributed by atoms with Crippen molar-refractivity contribution >= 4 is 5.78 Å². The molecule has 0 aromatic heterocycles. The maximum atomic E-state index is 11.8. The summed E-state index contributed by atoms with van der Waals surface area (Å²) in [6.07, 6.45) is 5.08. The molecule has 1 aliphatic rings. The van der Waals surface area contributed by atoms with E-state index < -0.39 is 6.10 Å². The third-order valence-electron chi connectivity index (χ3n) is 3.44. The summed E-state index contributed by atoms with van der Waals surface area (Å²) < 4.78 is 0. The van der Waals surface area contributed by atoms with Crippen molar-refractivity contribution in [2.24, 2.45) is 5.41 Å². The zero-order valence-electron chi connectivity index (χ0n) is 11.5. The van der Waals surface area contributed by atoms with E-state index in [0.29, 0.717) is 12.0 Å². The summed E-state index contributed by atoms with van der Waals surface area (Å²) in [5, 5.41) is 18.5. The molecule has 0 radical (unpaired) electrons. The smallest absolute Gasteiger partial charge is 0.187 e. The first-order valence-electron chi connectivity index (χ1n) is 6.19. The van der Waals surface area contributed by atoms with E-state index in [-0.39, 0.29) is 17.8 Å². The van der Waals surface area contributed by atoms with Crippen LogP contribution in [0.5, 0.6) is 0 Å². The largest absolute Gasteiger partial charge is 0.392 e. The standard InChI is InChI=1S/C15H22O3/c1-10(7-8-16)5-6-12-11(2)14(18)13(17)9-15(12,3)4/h5-7,13,16-17H,8-9H2,1-4H3. The Bertz CT molecular complexity index is 425. The summed E-state index contributed by atoms with van der Waals surface area (Å²) in [4.78, 5) is 11.8. The maximum Gasteiger partial charge on any atom is 0.187 e. The molecule has 1 rings (SSSR count). The second-order valence-electron chi connectivity index (χ2n) is 5.47. The highest BCUT2D eigenvalue weighted by atomic mass is 16.3. The van der Waals surface area contributed by atoms with Crippen LogP contribution in [0.25, 0.3) is 0 Å². The van der Waals surface area contributed by atoms with Crippen LogP contribution in [-0.2, 0) is 4.79 Å². The van der Waals surface area contributed by atoms with Crippen molar-refractivity contribution in [3.63, 3.8) is 0 Å². The van der Waals surface area contributed by atoms with Crippen molar-refractivity contribution in [1.82, 2.24) is 0 Å². The summed E-state index contributed by atoms with van der Waals surface area (Å²) in [7, 11) is 0. The van der Waals surface area contributed by atoms with E-state index in [0.717, 1.165) is 11.1 Å². The fourth-order valence-corrected chi connectivity index (χ4v) is 2.35. The Kier molecular flexibility index (Phi) is 4.65. The van der Waals surface area contributed by atoms with Crippen LogP contribution in [0.4, 0.5) is 0 Å². The van der Waals surface area contributed by atoms with Crippen LogP contribution in [0.2, 0.25) is 0 Å². The molecule has 2 N–H and O–H groups in total. The van der Waals surface area contributed by atoms with Crippen LogP contribution in [0.1, 0.15) is 34.1 Å². The first kappa shape index (κ1) is 14.9. The van der Waals surface area contributed by atoms with Crippen LogP contribution in [0.15, 0.2) is 34.9 Å². The Hall–Kier alpha value is -1.19. The first-order chi connectivity index (χ1) is 8.29. The third-order valence-corrected chi connectivity index (χ3v) is 3.44. The van der Waals surface area contributed by atoms with Crippen molar-refractivity contribution in [2.45, 2.75) is 40.2 Å². The van der Waals surface area contributed by atoms with Crippen LogP contribution in [0.3, 0.4) is 0 Å². The van der Waals surface area contributed by atoms with Gasteiger partial charge in [0.25, 0.3) is 0 Å². The molecule has 0 saturated heterocycles. The lowest BCUT2D eigenvalue weighted by Gasteiger charge is -2.34. The summed E-state index contributed by atoms with van der Waals surface area (Å²) in [5.74, 6) is -0.183. The monoisotopic (exact) mass is 250 g/mol. The number of rotatable bonds is 3. The first-order valence-corrected chi connectivity index (χ1v) is 6.19. The molecular weight excluding hydrogens is 228 g/mol. The van der Waals surface area contributed by atoms with Crippen molar-refractivity contribution in [3.05, 3.63) is 34.9 Å². The number of carbonyl (C=O) groups excluding carboxylic acids is 1. The molecule has 1 atom stereocenters. The lowest BCUT2D eigenvalue weighted by Crippen LogP contribution is -2.35. The molecule has 18 heavy (non-hydrogen) atoms. The van der Waals surface area contributed by atoms with Gasteiger partial charge in [-0.1, -0.05) is 37.6 Å². The topological polar surface area (TPSA) is 57.5 Å². The second-order valence-corrected chi connectivity index (χ2v) is 5.47. The molecular formula is C15H22O3. The minimum absolute atomic E-state index is 0.00917. The molecule has 0 amide bonds. The molecule has 0 spiro atoms. The highest BCUT2D eigenvalue weighted by Gasteiger charge is 2.36. The molecule has 0 fully saturated rings. The van der Waals surface area contributed by atoms with Gasteiger partial charge in [-0.3, -0.25) is 4.79 Å². The second kappa shape index (κ2) is 5.63. The van der Waals surface area contributed by atoms with E-state index in [4.69, 9.17) is 5.11 Å². The van der Waals surface area contributed by atoms with Gasteiger partial charge < -0.3 is 10.2 Å². The Balaban J connectivity index is 3.11. The fourth-order valence-electron chi connectivity index (χ4n) is 2.35.